The Labute approximate surface area is 123 Å². The summed E-state index contributed by atoms with van der Waals surface area (Å²) < 4.78 is 5.75. The molecule has 21 heavy (non-hydrogen) atoms. The molecule has 0 aliphatic carbocycles. The van der Waals surface area contributed by atoms with Crippen molar-refractivity contribution >= 4 is 11.7 Å². The number of hydrogen-bond acceptors (Lipinski definition) is 3. The lowest BCUT2D eigenvalue weighted by Crippen LogP contribution is -2.39. The molecule has 1 saturated heterocycles. The zero-order valence-electron chi connectivity index (χ0n) is 11.5. The number of carbonyl (C=O) groups is 1. The van der Waals surface area contributed by atoms with Crippen LogP contribution in [-0.4, -0.2) is 23.7 Å². The monoisotopic (exact) mass is 283 g/mol. The fourth-order valence-electron chi connectivity index (χ4n) is 2.48. The molecule has 108 valence electrons. The molecular formula is C16H17N3O2. The van der Waals surface area contributed by atoms with Gasteiger partial charge < -0.3 is 15.4 Å². The predicted molar refractivity (Wildman–Crippen MR) is 79.9 cm³/mol. The zero-order valence-corrected chi connectivity index (χ0v) is 11.5. The average Bonchev–Trinajstić information content (AvgIpc) is 2.97. The first kappa shape index (κ1) is 13.6. The van der Waals surface area contributed by atoms with Crippen LogP contribution in [0.4, 0.5) is 10.5 Å². The van der Waals surface area contributed by atoms with Crippen molar-refractivity contribution in [1.29, 1.82) is 0 Å². The number of hydrogen-bond donors (Lipinski definition) is 2. The average molecular weight is 283 g/mol. The third-order valence-corrected chi connectivity index (χ3v) is 3.46. The van der Waals surface area contributed by atoms with E-state index in [4.69, 9.17) is 4.74 Å². The van der Waals surface area contributed by atoms with Gasteiger partial charge in [0.2, 0.25) is 0 Å². The van der Waals surface area contributed by atoms with Gasteiger partial charge in [-0.05, 0) is 24.1 Å². The summed E-state index contributed by atoms with van der Waals surface area (Å²) in [6.45, 7) is 0.650. The van der Waals surface area contributed by atoms with Crippen molar-refractivity contribution in [3.8, 4) is 0 Å². The van der Waals surface area contributed by atoms with Gasteiger partial charge in [-0.25, -0.2) is 4.79 Å². The first-order chi connectivity index (χ1) is 10.3. The van der Waals surface area contributed by atoms with E-state index < -0.39 is 0 Å². The molecule has 0 radical (unpaired) electrons. The highest BCUT2D eigenvalue weighted by Crippen LogP contribution is 2.28. The van der Waals surface area contributed by atoms with E-state index in [1.807, 2.05) is 30.3 Å². The number of pyridine rings is 1. The standard InChI is InChI=1S/C16H17N3O2/c20-16(18-13-7-4-9-17-11-13)19-14-8-10-21-15(14)12-5-2-1-3-6-12/h1-7,9,11,14-15H,8,10H2,(H2,18,19,20)/t14-,15-/m0/s1. The van der Waals surface area contributed by atoms with Gasteiger partial charge in [0.25, 0.3) is 0 Å². The molecular weight excluding hydrogens is 266 g/mol. The lowest BCUT2D eigenvalue weighted by molar-refractivity contribution is 0.100. The summed E-state index contributed by atoms with van der Waals surface area (Å²) in [7, 11) is 0. The van der Waals surface area contributed by atoms with Crippen LogP contribution in [0.3, 0.4) is 0 Å². The number of ether oxygens (including phenoxy) is 1. The fourth-order valence-corrected chi connectivity index (χ4v) is 2.48. The fraction of sp³-hybridized carbons (Fsp3) is 0.250. The molecule has 0 spiro atoms. The van der Waals surface area contributed by atoms with Crippen LogP contribution >= 0.6 is 0 Å². The van der Waals surface area contributed by atoms with Crippen LogP contribution in [0, 0.1) is 0 Å². The second-order valence-electron chi connectivity index (χ2n) is 4.94. The van der Waals surface area contributed by atoms with E-state index in [1.54, 1.807) is 24.5 Å². The number of amides is 2. The molecule has 0 bridgehead atoms. The Hall–Kier alpha value is -2.40. The van der Waals surface area contributed by atoms with Gasteiger partial charge in [-0.1, -0.05) is 30.3 Å². The normalized spacial score (nSPS) is 21.0. The molecule has 2 amide bonds. The lowest BCUT2D eigenvalue weighted by atomic mass is 10.0. The van der Waals surface area contributed by atoms with Crippen molar-refractivity contribution in [3.05, 3.63) is 60.4 Å². The highest BCUT2D eigenvalue weighted by Gasteiger charge is 2.30. The molecule has 2 N–H and O–H groups in total. The van der Waals surface area contributed by atoms with E-state index in [-0.39, 0.29) is 18.2 Å². The summed E-state index contributed by atoms with van der Waals surface area (Å²) in [5, 5.41) is 5.75. The zero-order chi connectivity index (χ0) is 14.5. The molecule has 2 atom stereocenters. The first-order valence-corrected chi connectivity index (χ1v) is 6.97. The number of benzene rings is 1. The summed E-state index contributed by atoms with van der Waals surface area (Å²) >= 11 is 0. The van der Waals surface area contributed by atoms with Gasteiger partial charge in [0, 0.05) is 12.8 Å². The van der Waals surface area contributed by atoms with Gasteiger partial charge in [0.1, 0.15) is 6.10 Å². The van der Waals surface area contributed by atoms with Crippen LogP contribution in [-0.2, 0) is 4.74 Å². The van der Waals surface area contributed by atoms with E-state index >= 15 is 0 Å². The van der Waals surface area contributed by atoms with Crippen LogP contribution in [0.25, 0.3) is 0 Å². The number of anilines is 1. The number of urea groups is 1. The van der Waals surface area contributed by atoms with E-state index in [0.29, 0.717) is 12.3 Å². The molecule has 1 aliphatic heterocycles. The lowest BCUT2D eigenvalue weighted by Gasteiger charge is -2.20. The van der Waals surface area contributed by atoms with Crippen LogP contribution in [0.15, 0.2) is 54.9 Å². The number of carbonyl (C=O) groups excluding carboxylic acids is 1. The minimum atomic E-state index is -0.237. The Bertz CT molecular complexity index is 589. The molecule has 1 aromatic carbocycles. The summed E-state index contributed by atoms with van der Waals surface area (Å²) in [5.41, 5.74) is 1.76. The van der Waals surface area contributed by atoms with Crippen LogP contribution in [0.2, 0.25) is 0 Å². The Morgan fingerprint density at radius 2 is 2.05 bits per heavy atom. The molecule has 1 aromatic heterocycles. The molecule has 2 heterocycles. The Morgan fingerprint density at radius 3 is 2.81 bits per heavy atom. The topological polar surface area (TPSA) is 63.2 Å². The van der Waals surface area contributed by atoms with E-state index in [2.05, 4.69) is 15.6 Å². The SMILES string of the molecule is O=C(Nc1cccnc1)N[C@H]1CCO[C@H]1c1ccccc1. The van der Waals surface area contributed by atoms with E-state index in [1.165, 1.54) is 0 Å². The minimum absolute atomic E-state index is 0.0240. The number of aromatic nitrogens is 1. The molecule has 2 aromatic rings. The molecule has 1 fully saturated rings. The van der Waals surface area contributed by atoms with Gasteiger partial charge in [0.05, 0.1) is 17.9 Å². The third-order valence-electron chi connectivity index (χ3n) is 3.46. The Morgan fingerprint density at radius 1 is 1.19 bits per heavy atom. The second kappa shape index (κ2) is 6.37. The Balaban J connectivity index is 1.62. The maximum atomic E-state index is 12.0. The van der Waals surface area contributed by atoms with Crippen molar-refractivity contribution in [2.24, 2.45) is 0 Å². The van der Waals surface area contributed by atoms with Gasteiger partial charge >= 0.3 is 6.03 Å². The maximum absolute atomic E-state index is 12.0. The Kier molecular flexibility index (Phi) is 4.12. The molecule has 5 nitrogen and oxygen atoms in total. The van der Waals surface area contributed by atoms with E-state index in [9.17, 15) is 4.79 Å². The van der Waals surface area contributed by atoms with Crippen molar-refractivity contribution < 1.29 is 9.53 Å². The van der Waals surface area contributed by atoms with Crippen molar-refractivity contribution in [1.82, 2.24) is 10.3 Å². The van der Waals surface area contributed by atoms with Crippen LogP contribution in [0.1, 0.15) is 18.1 Å². The van der Waals surface area contributed by atoms with Crippen LogP contribution < -0.4 is 10.6 Å². The van der Waals surface area contributed by atoms with Crippen molar-refractivity contribution in [2.75, 3.05) is 11.9 Å². The summed E-state index contributed by atoms with van der Waals surface area (Å²) in [6, 6.07) is 13.3. The largest absolute Gasteiger partial charge is 0.371 e. The summed E-state index contributed by atoms with van der Waals surface area (Å²) in [5.74, 6) is 0. The molecule has 3 rings (SSSR count). The molecule has 0 unspecified atom stereocenters. The smallest absolute Gasteiger partial charge is 0.319 e. The van der Waals surface area contributed by atoms with Crippen molar-refractivity contribution in [3.63, 3.8) is 0 Å². The van der Waals surface area contributed by atoms with Gasteiger partial charge in [-0.3, -0.25) is 4.98 Å². The summed E-state index contributed by atoms with van der Waals surface area (Å²) in [4.78, 5) is 16.0. The van der Waals surface area contributed by atoms with Gasteiger partial charge in [0.15, 0.2) is 0 Å². The molecule has 1 aliphatic rings. The van der Waals surface area contributed by atoms with Crippen molar-refractivity contribution in [2.45, 2.75) is 18.6 Å². The van der Waals surface area contributed by atoms with E-state index in [0.717, 1.165) is 12.0 Å². The number of nitrogens with zero attached hydrogens (tertiary/aromatic N) is 1. The quantitative estimate of drug-likeness (QED) is 0.910. The molecule has 0 saturated carbocycles. The number of nitrogens with one attached hydrogen (secondary N) is 2. The predicted octanol–water partition coefficient (Wildman–Crippen LogP) is 2.73. The minimum Gasteiger partial charge on any atom is -0.371 e. The highest BCUT2D eigenvalue weighted by molar-refractivity contribution is 5.89. The highest BCUT2D eigenvalue weighted by atomic mass is 16.5. The maximum Gasteiger partial charge on any atom is 0.319 e. The molecule has 5 heteroatoms. The number of rotatable bonds is 3. The summed E-state index contributed by atoms with van der Waals surface area (Å²) in [6.07, 6.45) is 3.99. The third kappa shape index (κ3) is 3.38. The first-order valence-electron chi connectivity index (χ1n) is 6.97. The van der Waals surface area contributed by atoms with Crippen LogP contribution in [0.5, 0.6) is 0 Å². The van der Waals surface area contributed by atoms with Gasteiger partial charge in [-0.2, -0.15) is 0 Å². The van der Waals surface area contributed by atoms with Gasteiger partial charge in [-0.15, -0.1) is 0 Å². The second-order valence-corrected chi connectivity index (χ2v) is 4.94.